The first-order chi connectivity index (χ1) is 20.8. The quantitative estimate of drug-likeness (QED) is 0.302. The van der Waals surface area contributed by atoms with Crippen LogP contribution in [0.3, 0.4) is 0 Å². The SMILES string of the molecule is CCOC(=O)[C@@H](OC(C)(C)C)c1c(C)c2c(c(C)c1-c1cc(F)c3c(c1C)CCCO3)CN(S(=O)(=O)C1CCCCC1)CC2. The molecule has 2 aliphatic heterocycles. The van der Waals surface area contributed by atoms with Crippen molar-refractivity contribution in [2.75, 3.05) is 19.8 Å². The Morgan fingerprint density at radius 2 is 1.73 bits per heavy atom. The first kappa shape index (κ1) is 32.9. The summed E-state index contributed by atoms with van der Waals surface area (Å²) in [5.74, 6) is -0.640. The number of carbonyl (C=O) groups is 1. The number of hydrogen-bond donors (Lipinski definition) is 0. The normalized spacial score (nSPS) is 18.7. The third kappa shape index (κ3) is 6.16. The standard InChI is InChI=1S/C35H48FNO6S/c1-8-41-34(38)33(43-35(5,6)7)31-22(3)25-16-17-37(44(39,40)24-13-10-9-11-14-24)20-28(25)23(4)30(31)27-19-29(36)32-26(21(27)2)15-12-18-42-32/h19,24,33H,8-18,20H2,1-7H3/t33-/m0/s1. The molecule has 1 fully saturated rings. The molecule has 9 heteroatoms. The molecule has 2 aromatic carbocycles. The lowest BCUT2D eigenvalue weighted by atomic mass is 9.78. The predicted molar refractivity (Wildman–Crippen MR) is 170 cm³/mol. The smallest absolute Gasteiger partial charge is 0.339 e. The van der Waals surface area contributed by atoms with Gasteiger partial charge in [-0.05, 0) is 126 Å². The Labute approximate surface area is 262 Å². The van der Waals surface area contributed by atoms with Crippen LogP contribution in [-0.4, -0.2) is 49.3 Å². The lowest BCUT2D eigenvalue weighted by molar-refractivity contribution is -0.166. The van der Waals surface area contributed by atoms with E-state index in [1.807, 2.05) is 41.5 Å². The van der Waals surface area contributed by atoms with Crippen molar-refractivity contribution in [1.29, 1.82) is 0 Å². The summed E-state index contributed by atoms with van der Waals surface area (Å²) in [5.41, 5.74) is 6.76. The van der Waals surface area contributed by atoms with E-state index < -0.39 is 33.5 Å². The molecule has 1 atom stereocenters. The third-order valence-corrected chi connectivity index (χ3v) is 11.9. The molecule has 0 radical (unpaired) electrons. The fraction of sp³-hybridized carbons (Fsp3) is 0.629. The molecule has 0 bridgehead atoms. The topological polar surface area (TPSA) is 82.1 Å². The number of fused-ring (bicyclic) bond motifs is 2. The molecule has 0 amide bonds. The molecule has 0 N–H and O–H groups in total. The number of esters is 1. The van der Waals surface area contributed by atoms with Gasteiger partial charge in [-0.1, -0.05) is 19.3 Å². The number of nitrogens with zero attached hydrogens (tertiary/aromatic N) is 1. The van der Waals surface area contributed by atoms with E-state index in [4.69, 9.17) is 14.2 Å². The van der Waals surface area contributed by atoms with Crippen LogP contribution in [0, 0.1) is 26.6 Å². The second kappa shape index (κ2) is 12.7. The van der Waals surface area contributed by atoms with Crippen molar-refractivity contribution < 1.29 is 31.8 Å². The lowest BCUT2D eigenvalue weighted by Crippen LogP contribution is -2.43. The zero-order valence-electron chi connectivity index (χ0n) is 27.4. The van der Waals surface area contributed by atoms with Gasteiger partial charge in [0.15, 0.2) is 17.7 Å². The lowest BCUT2D eigenvalue weighted by Gasteiger charge is -2.37. The molecule has 1 aliphatic carbocycles. The molecule has 242 valence electrons. The highest BCUT2D eigenvalue weighted by Crippen LogP contribution is 2.46. The average Bonchev–Trinajstić information content (AvgIpc) is 2.99. The van der Waals surface area contributed by atoms with E-state index in [9.17, 15) is 13.2 Å². The number of ether oxygens (including phenoxy) is 3. The summed E-state index contributed by atoms with van der Waals surface area (Å²) < 4.78 is 62.8. The molecule has 0 aromatic heterocycles. The summed E-state index contributed by atoms with van der Waals surface area (Å²) in [6.45, 7) is 14.7. The molecule has 0 unspecified atom stereocenters. The van der Waals surface area contributed by atoms with Crippen LogP contribution >= 0.6 is 0 Å². The number of halogens is 1. The predicted octanol–water partition coefficient (Wildman–Crippen LogP) is 7.18. The number of benzene rings is 2. The highest BCUT2D eigenvalue weighted by Gasteiger charge is 2.40. The van der Waals surface area contributed by atoms with Gasteiger partial charge in [-0.15, -0.1) is 0 Å². The van der Waals surface area contributed by atoms with Gasteiger partial charge in [-0.3, -0.25) is 0 Å². The zero-order chi connectivity index (χ0) is 32.0. The minimum Gasteiger partial charge on any atom is -0.490 e. The molecule has 3 aliphatic rings. The highest BCUT2D eigenvalue weighted by molar-refractivity contribution is 7.89. The average molecular weight is 630 g/mol. The van der Waals surface area contributed by atoms with Gasteiger partial charge in [0.1, 0.15) is 0 Å². The van der Waals surface area contributed by atoms with Gasteiger partial charge in [-0.2, -0.15) is 4.31 Å². The summed E-state index contributed by atoms with van der Waals surface area (Å²) in [5, 5.41) is -0.344. The van der Waals surface area contributed by atoms with E-state index in [0.29, 0.717) is 61.3 Å². The van der Waals surface area contributed by atoms with Crippen LogP contribution in [0.25, 0.3) is 11.1 Å². The van der Waals surface area contributed by atoms with Gasteiger partial charge in [-0.25, -0.2) is 17.6 Å². The van der Waals surface area contributed by atoms with E-state index >= 15 is 4.39 Å². The van der Waals surface area contributed by atoms with Crippen LogP contribution in [0.15, 0.2) is 6.07 Å². The molecule has 2 heterocycles. The second-order valence-electron chi connectivity index (χ2n) is 13.5. The molecule has 1 saturated carbocycles. The maximum atomic E-state index is 15.7. The molecule has 0 saturated heterocycles. The van der Waals surface area contributed by atoms with Crippen molar-refractivity contribution in [1.82, 2.24) is 4.31 Å². The van der Waals surface area contributed by atoms with E-state index in [1.54, 1.807) is 11.2 Å². The minimum absolute atomic E-state index is 0.193. The van der Waals surface area contributed by atoms with E-state index in [2.05, 4.69) is 0 Å². The van der Waals surface area contributed by atoms with Crippen LogP contribution in [0.2, 0.25) is 0 Å². The van der Waals surface area contributed by atoms with Crippen molar-refractivity contribution in [2.24, 2.45) is 0 Å². The van der Waals surface area contributed by atoms with Gasteiger partial charge in [0, 0.05) is 24.2 Å². The van der Waals surface area contributed by atoms with Crippen molar-refractivity contribution in [2.45, 2.75) is 123 Å². The fourth-order valence-corrected chi connectivity index (χ4v) is 9.39. The van der Waals surface area contributed by atoms with Crippen LogP contribution in [0.4, 0.5) is 4.39 Å². The Kier molecular flexibility index (Phi) is 9.51. The molecular weight excluding hydrogens is 581 g/mol. The summed E-state index contributed by atoms with van der Waals surface area (Å²) in [6, 6.07) is 1.51. The largest absolute Gasteiger partial charge is 0.490 e. The monoisotopic (exact) mass is 629 g/mol. The van der Waals surface area contributed by atoms with Crippen molar-refractivity contribution >= 4 is 16.0 Å². The Morgan fingerprint density at radius 3 is 2.39 bits per heavy atom. The van der Waals surface area contributed by atoms with E-state index in [0.717, 1.165) is 59.1 Å². The fourth-order valence-electron chi connectivity index (χ4n) is 7.38. The first-order valence-corrected chi connectivity index (χ1v) is 17.7. The Hall–Kier alpha value is -2.49. The Bertz CT molecular complexity index is 1540. The molecular formula is C35H48FNO6S. The second-order valence-corrected chi connectivity index (χ2v) is 15.8. The maximum absolute atomic E-state index is 15.7. The van der Waals surface area contributed by atoms with Gasteiger partial charge in [0.05, 0.1) is 24.1 Å². The number of sulfonamides is 1. The Balaban J connectivity index is 1.75. The van der Waals surface area contributed by atoms with Crippen LogP contribution in [0.5, 0.6) is 5.75 Å². The molecule has 7 nitrogen and oxygen atoms in total. The van der Waals surface area contributed by atoms with Gasteiger partial charge in [0.25, 0.3) is 0 Å². The van der Waals surface area contributed by atoms with Crippen molar-refractivity contribution in [3.8, 4) is 16.9 Å². The van der Waals surface area contributed by atoms with Gasteiger partial charge < -0.3 is 14.2 Å². The zero-order valence-corrected chi connectivity index (χ0v) is 28.2. The number of hydrogen-bond acceptors (Lipinski definition) is 6. The highest BCUT2D eigenvalue weighted by atomic mass is 32.2. The van der Waals surface area contributed by atoms with Crippen molar-refractivity contribution in [3.63, 3.8) is 0 Å². The van der Waals surface area contributed by atoms with Gasteiger partial charge >= 0.3 is 5.97 Å². The molecule has 5 rings (SSSR count). The van der Waals surface area contributed by atoms with E-state index in [-0.39, 0.29) is 18.4 Å². The molecule has 44 heavy (non-hydrogen) atoms. The summed E-state index contributed by atoms with van der Waals surface area (Å²) in [4.78, 5) is 13.7. The molecule has 2 aromatic rings. The Morgan fingerprint density at radius 1 is 1.02 bits per heavy atom. The van der Waals surface area contributed by atoms with E-state index in [1.165, 1.54) is 6.07 Å². The number of carbonyl (C=O) groups excluding carboxylic acids is 1. The van der Waals surface area contributed by atoms with Crippen LogP contribution in [-0.2, 0) is 43.7 Å². The summed E-state index contributed by atoms with van der Waals surface area (Å²) >= 11 is 0. The molecule has 0 spiro atoms. The third-order valence-electron chi connectivity index (χ3n) is 9.54. The first-order valence-electron chi connectivity index (χ1n) is 16.2. The van der Waals surface area contributed by atoms with Crippen LogP contribution in [0.1, 0.15) is 111 Å². The summed E-state index contributed by atoms with van der Waals surface area (Å²) in [7, 11) is -3.48. The maximum Gasteiger partial charge on any atom is 0.339 e. The van der Waals surface area contributed by atoms with Gasteiger partial charge in [0.2, 0.25) is 10.0 Å². The van der Waals surface area contributed by atoms with Crippen molar-refractivity contribution in [3.05, 3.63) is 50.8 Å². The number of rotatable bonds is 7. The minimum atomic E-state index is -3.48. The summed E-state index contributed by atoms with van der Waals surface area (Å²) in [6.07, 6.45) is 5.33. The van der Waals surface area contributed by atoms with Crippen LogP contribution < -0.4 is 4.74 Å².